The van der Waals surface area contributed by atoms with Gasteiger partial charge in [0, 0.05) is 13.7 Å². The molecular formula is C14H22O2Si. The third-order valence-electron chi connectivity index (χ3n) is 2.65. The molecule has 94 valence electrons. The first kappa shape index (κ1) is 14.0. The Hall–Kier alpha value is -1.06. The van der Waals surface area contributed by atoms with Crippen LogP contribution in [0.4, 0.5) is 0 Å². The molecule has 0 saturated heterocycles. The summed E-state index contributed by atoms with van der Waals surface area (Å²) in [5.74, 6) is 0.976. The van der Waals surface area contributed by atoms with Crippen LogP contribution in [0.15, 0.2) is 30.8 Å². The third kappa shape index (κ3) is 5.19. The van der Waals surface area contributed by atoms with Crippen molar-refractivity contribution in [2.75, 3.05) is 13.7 Å². The van der Waals surface area contributed by atoms with Crippen LogP contribution >= 0.6 is 0 Å². The fraction of sp³-hybridized carbons (Fsp3) is 0.429. The van der Waals surface area contributed by atoms with Gasteiger partial charge in [-0.15, -0.1) is 0 Å². The van der Waals surface area contributed by atoms with Crippen molar-refractivity contribution in [3.8, 4) is 5.75 Å². The van der Waals surface area contributed by atoms with E-state index in [1.807, 2.05) is 24.3 Å². The zero-order chi connectivity index (χ0) is 12.5. The number of hydrogen-bond donors (Lipinski definition) is 0. The normalized spacial score (nSPS) is 12.1. The van der Waals surface area contributed by atoms with Crippen LogP contribution in [0, 0.1) is 0 Å². The Morgan fingerprint density at radius 3 is 2.82 bits per heavy atom. The average Bonchev–Trinajstić information content (AvgIpc) is 2.36. The molecule has 0 bridgehead atoms. The Kier molecular flexibility index (Phi) is 6.66. The molecule has 0 aromatic heterocycles. The molecule has 1 aromatic rings. The van der Waals surface area contributed by atoms with Crippen molar-refractivity contribution in [2.24, 2.45) is 0 Å². The topological polar surface area (TPSA) is 18.5 Å². The first-order valence-electron chi connectivity index (χ1n) is 6.18. The molecule has 0 aliphatic carbocycles. The van der Waals surface area contributed by atoms with Gasteiger partial charge in [-0.3, -0.25) is 0 Å². The number of methoxy groups -OCH3 is 1. The van der Waals surface area contributed by atoms with Gasteiger partial charge in [0.05, 0.1) is 0 Å². The number of rotatable bonds is 8. The minimum absolute atomic E-state index is 0.804. The summed E-state index contributed by atoms with van der Waals surface area (Å²) in [6, 6.07) is 10.4. The van der Waals surface area contributed by atoms with Crippen molar-refractivity contribution in [1.82, 2.24) is 0 Å². The minimum atomic E-state index is -1.17. The van der Waals surface area contributed by atoms with E-state index in [1.54, 1.807) is 7.11 Å². The van der Waals surface area contributed by atoms with Gasteiger partial charge in [0.15, 0.2) is 0 Å². The lowest BCUT2D eigenvalue weighted by Crippen LogP contribution is -2.23. The number of hydrogen-bond acceptors (Lipinski definition) is 2. The van der Waals surface area contributed by atoms with Gasteiger partial charge in [-0.25, -0.2) is 0 Å². The fourth-order valence-corrected chi connectivity index (χ4v) is 3.94. The summed E-state index contributed by atoms with van der Waals surface area (Å²) in [6.07, 6.45) is 3.03. The van der Waals surface area contributed by atoms with E-state index < -0.39 is 9.04 Å². The van der Waals surface area contributed by atoms with Crippen LogP contribution in [0.25, 0.3) is 6.08 Å². The molecule has 1 rings (SSSR count). The highest BCUT2D eigenvalue weighted by Crippen LogP contribution is 2.17. The van der Waals surface area contributed by atoms with E-state index in [1.165, 1.54) is 12.5 Å². The second-order valence-electron chi connectivity index (χ2n) is 4.09. The fourth-order valence-electron chi connectivity index (χ4n) is 1.74. The van der Waals surface area contributed by atoms with Crippen LogP contribution in [0.3, 0.4) is 0 Å². The van der Waals surface area contributed by atoms with Gasteiger partial charge in [0.1, 0.15) is 5.75 Å². The predicted octanol–water partition coefficient (Wildman–Crippen LogP) is 3.49. The zero-order valence-electron chi connectivity index (χ0n) is 10.8. The summed E-state index contributed by atoms with van der Waals surface area (Å²) in [4.78, 5) is 0. The first-order valence-corrected chi connectivity index (χ1v) is 8.28. The molecule has 0 fully saturated rings. The van der Waals surface area contributed by atoms with Crippen LogP contribution in [-0.4, -0.2) is 22.8 Å². The Morgan fingerprint density at radius 2 is 2.18 bits per heavy atom. The van der Waals surface area contributed by atoms with Gasteiger partial charge in [0.25, 0.3) is 0 Å². The van der Waals surface area contributed by atoms with Crippen molar-refractivity contribution in [1.29, 1.82) is 0 Å². The molecule has 1 aromatic carbocycles. The molecule has 0 radical (unpaired) electrons. The zero-order valence-corrected chi connectivity index (χ0v) is 12.0. The van der Waals surface area contributed by atoms with E-state index in [4.69, 9.17) is 9.16 Å². The van der Waals surface area contributed by atoms with E-state index >= 15 is 0 Å². The Bertz CT molecular complexity index is 339. The lowest BCUT2D eigenvalue weighted by molar-refractivity contribution is 0.212. The molecule has 2 nitrogen and oxygen atoms in total. The van der Waals surface area contributed by atoms with Crippen LogP contribution in [0.5, 0.6) is 5.75 Å². The van der Waals surface area contributed by atoms with Crippen LogP contribution in [0.2, 0.25) is 12.1 Å². The Morgan fingerprint density at radius 1 is 1.35 bits per heavy atom. The molecule has 3 heteroatoms. The van der Waals surface area contributed by atoms with Gasteiger partial charge in [-0.05, 0) is 29.8 Å². The molecule has 17 heavy (non-hydrogen) atoms. The predicted molar refractivity (Wildman–Crippen MR) is 76.1 cm³/mol. The maximum atomic E-state index is 6.11. The summed E-state index contributed by atoms with van der Waals surface area (Å²) in [6.45, 7) is 6.78. The van der Waals surface area contributed by atoms with E-state index in [-0.39, 0.29) is 0 Å². The first-order chi connectivity index (χ1) is 8.30. The van der Waals surface area contributed by atoms with Crippen molar-refractivity contribution in [2.45, 2.75) is 25.4 Å². The number of benzene rings is 1. The van der Waals surface area contributed by atoms with Gasteiger partial charge >= 0.3 is 0 Å². The second-order valence-corrected chi connectivity index (χ2v) is 6.72. The minimum Gasteiger partial charge on any atom is -0.546 e. The quantitative estimate of drug-likeness (QED) is 0.658. The summed E-state index contributed by atoms with van der Waals surface area (Å²) < 4.78 is 11.3. The lowest BCUT2D eigenvalue weighted by atomic mass is 10.2. The largest absolute Gasteiger partial charge is 0.546 e. The molecule has 0 N–H and O–H groups in total. The van der Waals surface area contributed by atoms with Crippen molar-refractivity contribution in [3.63, 3.8) is 0 Å². The third-order valence-corrected chi connectivity index (χ3v) is 5.36. The Balaban J connectivity index is 2.60. The molecule has 1 atom stereocenters. The van der Waals surface area contributed by atoms with Gasteiger partial charge < -0.3 is 9.16 Å². The van der Waals surface area contributed by atoms with Gasteiger partial charge in [0.2, 0.25) is 9.04 Å². The van der Waals surface area contributed by atoms with Gasteiger partial charge in [-0.2, -0.15) is 0 Å². The second kappa shape index (κ2) is 8.09. The molecule has 0 heterocycles. The van der Waals surface area contributed by atoms with Crippen molar-refractivity contribution >= 4 is 15.1 Å². The average molecular weight is 250 g/mol. The van der Waals surface area contributed by atoms with Crippen molar-refractivity contribution in [3.05, 3.63) is 36.4 Å². The standard InChI is InChI=1S/C14H22O2Si/c1-4-10-17(11-9-15-3)16-14-8-6-7-13(5-2)12-14/h5-8,12,17H,2,4,9-11H2,1,3H3. The van der Waals surface area contributed by atoms with Gasteiger partial charge in [-0.1, -0.05) is 38.1 Å². The molecule has 0 amide bonds. The number of ether oxygens (including phenoxy) is 1. The highest BCUT2D eigenvalue weighted by Gasteiger charge is 2.12. The molecule has 0 aliphatic heterocycles. The van der Waals surface area contributed by atoms with Crippen LogP contribution in [-0.2, 0) is 4.74 Å². The highest BCUT2D eigenvalue weighted by atomic mass is 28.3. The van der Waals surface area contributed by atoms with Crippen molar-refractivity contribution < 1.29 is 9.16 Å². The highest BCUT2D eigenvalue weighted by molar-refractivity contribution is 6.52. The molecule has 0 saturated carbocycles. The summed E-state index contributed by atoms with van der Waals surface area (Å²) in [5, 5.41) is 0. The van der Waals surface area contributed by atoms with E-state index in [9.17, 15) is 0 Å². The summed E-state index contributed by atoms with van der Waals surface area (Å²) >= 11 is 0. The lowest BCUT2D eigenvalue weighted by Gasteiger charge is -2.17. The molecule has 1 unspecified atom stereocenters. The van der Waals surface area contributed by atoms with E-state index in [0.717, 1.165) is 24.0 Å². The maximum Gasteiger partial charge on any atom is 0.237 e. The summed E-state index contributed by atoms with van der Waals surface area (Å²) in [5.41, 5.74) is 1.11. The monoisotopic (exact) mass is 250 g/mol. The molecular weight excluding hydrogens is 228 g/mol. The molecule has 0 spiro atoms. The maximum absolute atomic E-state index is 6.11. The van der Waals surface area contributed by atoms with E-state index in [2.05, 4.69) is 19.6 Å². The van der Waals surface area contributed by atoms with E-state index in [0.29, 0.717) is 0 Å². The molecule has 0 aliphatic rings. The smallest absolute Gasteiger partial charge is 0.237 e. The van der Waals surface area contributed by atoms with Crippen LogP contribution < -0.4 is 4.43 Å². The SMILES string of the molecule is C=Cc1cccc(O[SiH](CCC)CCOC)c1. The Labute approximate surface area is 106 Å². The summed E-state index contributed by atoms with van der Waals surface area (Å²) in [7, 11) is 0.577. The van der Waals surface area contributed by atoms with Crippen LogP contribution in [0.1, 0.15) is 18.9 Å².